The molecule has 2 fully saturated rings. The van der Waals surface area contributed by atoms with Crippen molar-refractivity contribution in [3.63, 3.8) is 0 Å². The topological polar surface area (TPSA) is 181 Å². The number of aliphatic hydroxyl groups is 1. The number of benzene rings is 4. The lowest BCUT2D eigenvalue weighted by Gasteiger charge is -2.20. The maximum absolute atomic E-state index is 15.5. The second kappa shape index (κ2) is 19.0. The van der Waals surface area contributed by atoms with E-state index >= 15 is 8.78 Å². The lowest BCUT2D eigenvalue weighted by molar-refractivity contribution is 0.0882. The van der Waals surface area contributed by atoms with E-state index in [1.54, 1.807) is 43.3 Å². The van der Waals surface area contributed by atoms with Gasteiger partial charge < -0.3 is 33.1 Å². The van der Waals surface area contributed by atoms with Crippen LogP contribution in [0.1, 0.15) is 73.0 Å². The van der Waals surface area contributed by atoms with Crippen molar-refractivity contribution in [2.45, 2.75) is 83.7 Å². The van der Waals surface area contributed by atoms with Gasteiger partial charge in [-0.25, -0.2) is 33.1 Å². The maximum atomic E-state index is 15.5. The minimum Gasteiger partial charge on any atom is -0.434 e. The quantitative estimate of drug-likeness (QED) is 0.0874. The van der Waals surface area contributed by atoms with Gasteiger partial charge in [-0.2, -0.15) is 4.39 Å². The molecule has 2 aliphatic rings. The van der Waals surface area contributed by atoms with E-state index < -0.39 is 35.5 Å². The van der Waals surface area contributed by atoms with Crippen LogP contribution in [0.2, 0.25) is 0 Å². The van der Waals surface area contributed by atoms with Gasteiger partial charge in [0.05, 0.1) is 12.7 Å². The van der Waals surface area contributed by atoms with Crippen molar-refractivity contribution < 1.29 is 36.2 Å². The van der Waals surface area contributed by atoms with Crippen LogP contribution in [0.5, 0.6) is 0 Å². The fourth-order valence-corrected chi connectivity index (χ4v) is 9.92. The van der Waals surface area contributed by atoms with Crippen LogP contribution in [0, 0.1) is 36.1 Å². The van der Waals surface area contributed by atoms with Crippen molar-refractivity contribution in [3.8, 4) is 68.2 Å². The number of methoxy groups -OCH3 is 1. The Morgan fingerprint density at radius 2 is 1.35 bits per heavy atom. The Hall–Kier alpha value is -8.00. The number of aryl methyl sites for hydroxylation is 2. The van der Waals surface area contributed by atoms with Gasteiger partial charge in [-0.15, -0.1) is 20.4 Å². The largest absolute Gasteiger partial charge is 0.434 e. The standard InChI is InChI=1S/C56H49F4N11O4/c1-27-12-30(22-61-28(2)29(3)73-5)13-45-51(27)74-55(66-45)47-17-32(15-43(64-47)31-6-7-31)39-11-9-37(58)21-42(39)54-69-63-26-71(54)23-34-14-40(34)44-16-33(38-10-8-36(57)20-41(38)53-68-62-25-70(53)4)18-48(65-44)56-67-46-19-35(24-72)49(59)50(60)52(46)75-56/h8-13,15-21,25-26,28-29,31,34,40,61,72H,6-7,14,22-24H2,1-5H3/t28-,29-,34?,40?/m1/s1. The Bertz CT molecular complexity index is 3850. The van der Waals surface area contributed by atoms with Gasteiger partial charge in [0.2, 0.25) is 17.6 Å². The highest BCUT2D eigenvalue weighted by atomic mass is 19.2. The van der Waals surface area contributed by atoms with Crippen molar-refractivity contribution in [1.82, 2.24) is 54.8 Å². The number of rotatable bonds is 16. The summed E-state index contributed by atoms with van der Waals surface area (Å²) in [5.41, 5.74) is 8.74. The highest BCUT2D eigenvalue weighted by molar-refractivity contribution is 5.85. The Kier molecular flexibility index (Phi) is 12.2. The van der Waals surface area contributed by atoms with Gasteiger partial charge in [0.1, 0.15) is 46.7 Å². The summed E-state index contributed by atoms with van der Waals surface area (Å²) in [6, 6.07) is 22.1. The molecule has 10 aromatic rings. The minimum absolute atomic E-state index is 0.00130. The maximum Gasteiger partial charge on any atom is 0.246 e. The molecule has 0 aliphatic heterocycles. The molecule has 2 saturated carbocycles. The van der Waals surface area contributed by atoms with E-state index in [1.165, 1.54) is 36.7 Å². The molecule has 2 aliphatic carbocycles. The first-order valence-corrected chi connectivity index (χ1v) is 24.7. The molecule has 380 valence electrons. The smallest absolute Gasteiger partial charge is 0.246 e. The summed E-state index contributed by atoms with van der Waals surface area (Å²) in [5.74, 6) is -2.16. The van der Waals surface area contributed by atoms with E-state index in [0.29, 0.717) is 76.3 Å². The number of ether oxygens (including phenoxy) is 1. The van der Waals surface area contributed by atoms with Crippen molar-refractivity contribution in [2.75, 3.05) is 7.11 Å². The number of halogens is 4. The summed E-state index contributed by atoms with van der Waals surface area (Å²) >= 11 is 0. The lowest BCUT2D eigenvalue weighted by atomic mass is 9.97. The van der Waals surface area contributed by atoms with Crippen LogP contribution in [-0.4, -0.2) is 73.8 Å². The number of nitrogens with one attached hydrogen (secondary N) is 1. The summed E-state index contributed by atoms with van der Waals surface area (Å²) in [5, 5.41) is 30.4. The van der Waals surface area contributed by atoms with Crippen LogP contribution in [0.15, 0.2) is 100 Å². The van der Waals surface area contributed by atoms with Crippen LogP contribution in [-0.2, 0) is 31.5 Å². The molecule has 6 aromatic heterocycles. The van der Waals surface area contributed by atoms with Gasteiger partial charge in [-0.3, -0.25) is 0 Å². The second-order valence-corrected chi connectivity index (χ2v) is 19.7. The Labute approximate surface area is 426 Å². The Morgan fingerprint density at radius 3 is 2.00 bits per heavy atom. The molecule has 0 saturated heterocycles. The van der Waals surface area contributed by atoms with Gasteiger partial charge in [-0.05, 0) is 140 Å². The van der Waals surface area contributed by atoms with Crippen molar-refractivity contribution in [1.29, 1.82) is 0 Å². The molecule has 0 bridgehead atoms. The number of oxazole rings is 2. The van der Waals surface area contributed by atoms with Crippen LogP contribution in [0.3, 0.4) is 0 Å². The molecule has 4 atom stereocenters. The molecule has 0 amide bonds. The average molecular weight is 1020 g/mol. The summed E-state index contributed by atoms with van der Waals surface area (Å²) in [6.07, 6.45) is 5.87. The summed E-state index contributed by atoms with van der Waals surface area (Å²) in [7, 11) is 3.45. The third-order valence-electron chi connectivity index (χ3n) is 14.5. The van der Waals surface area contributed by atoms with Crippen LogP contribution in [0.4, 0.5) is 17.6 Å². The van der Waals surface area contributed by atoms with Gasteiger partial charge in [0.25, 0.3) is 0 Å². The fourth-order valence-electron chi connectivity index (χ4n) is 9.92. The van der Waals surface area contributed by atoms with E-state index in [9.17, 15) is 13.9 Å². The second-order valence-electron chi connectivity index (χ2n) is 19.7. The number of fused-ring (bicyclic) bond motifs is 2. The zero-order valence-electron chi connectivity index (χ0n) is 41.4. The van der Waals surface area contributed by atoms with Gasteiger partial charge >= 0.3 is 0 Å². The normalized spacial score (nSPS) is 16.3. The SMILES string of the molecule is CO[C@H](C)[C@@H](C)NCc1cc(C)c2oc(-c3cc(-c4ccc(F)cc4-c4nncn4CC4CC4c4cc(-c5ccc(F)cc5-c5nncn5C)cc(-c5nc6cc(CO)c(F)c(F)c6o5)n4)cc(C4CC4)n3)nc2c1. The molecule has 75 heavy (non-hydrogen) atoms. The highest BCUT2D eigenvalue weighted by Crippen LogP contribution is 2.50. The van der Waals surface area contributed by atoms with Crippen LogP contribution in [0.25, 0.3) is 90.4 Å². The van der Waals surface area contributed by atoms with E-state index in [1.807, 2.05) is 36.6 Å². The summed E-state index contributed by atoms with van der Waals surface area (Å²) in [6.45, 7) is 6.44. The summed E-state index contributed by atoms with van der Waals surface area (Å²) in [4.78, 5) is 19.5. The van der Waals surface area contributed by atoms with Crippen molar-refractivity contribution >= 4 is 22.2 Å². The molecule has 2 unspecified atom stereocenters. The van der Waals surface area contributed by atoms with E-state index in [4.69, 9.17) is 28.5 Å². The summed E-state index contributed by atoms with van der Waals surface area (Å²) < 4.78 is 82.0. The monoisotopic (exact) mass is 1020 g/mol. The Morgan fingerprint density at radius 1 is 0.720 bits per heavy atom. The molecule has 2 N–H and O–H groups in total. The van der Waals surface area contributed by atoms with E-state index in [0.717, 1.165) is 46.3 Å². The first-order valence-electron chi connectivity index (χ1n) is 24.7. The highest BCUT2D eigenvalue weighted by Gasteiger charge is 2.41. The molecular formula is C56H49F4N11O4. The molecule has 15 nitrogen and oxygen atoms in total. The first kappa shape index (κ1) is 48.0. The van der Waals surface area contributed by atoms with Crippen LogP contribution < -0.4 is 5.32 Å². The number of aliphatic hydroxyl groups excluding tert-OH is 1. The fraction of sp³-hybridized carbons (Fsp3) is 0.286. The van der Waals surface area contributed by atoms with Gasteiger partial charge in [0, 0.05) is 73.2 Å². The molecule has 12 rings (SSSR count). The molecule has 6 heterocycles. The predicted octanol–water partition coefficient (Wildman–Crippen LogP) is 11.0. The Balaban J connectivity index is 0.881. The third-order valence-corrected chi connectivity index (χ3v) is 14.5. The minimum atomic E-state index is -1.28. The predicted molar refractivity (Wildman–Crippen MR) is 270 cm³/mol. The molecule has 4 aromatic carbocycles. The zero-order chi connectivity index (χ0) is 51.8. The van der Waals surface area contributed by atoms with Gasteiger partial charge in [0.15, 0.2) is 28.6 Å². The van der Waals surface area contributed by atoms with E-state index in [2.05, 4.69) is 49.8 Å². The van der Waals surface area contributed by atoms with E-state index in [-0.39, 0.29) is 52.6 Å². The number of nitrogens with zero attached hydrogens (tertiary/aromatic N) is 10. The average Bonchev–Trinajstić information content (AvgIpc) is 4.16. The molecule has 0 radical (unpaired) electrons. The van der Waals surface area contributed by atoms with Crippen LogP contribution >= 0.6 is 0 Å². The number of hydrogen-bond donors (Lipinski definition) is 2. The first-order chi connectivity index (χ1) is 36.3. The zero-order valence-corrected chi connectivity index (χ0v) is 41.4. The molecular weight excluding hydrogens is 967 g/mol. The van der Waals surface area contributed by atoms with Crippen molar-refractivity contribution in [2.24, 2.45) is 13.0 Å². The van der Waals surface area contributed by atoms with Gasteiger partial charge in [-0.1, -0.05) is 18.2 Å². The number of aromatic nitrogens is 10. The molecule has 0 spiro atoms. The lowest BCUT2D eigenvalue weighted by Crippen LogP contribution is -2.36. The third kappa shape index (κ3) is 9.14. The molecule has 19 heteroatoms. The number of hydrogen-bond acceptors (Lipinski definition) is 13. The number of pyridine rings is 2. The van der Waals surface area contributed by atoms with Crippen molar-refractivity contribution in [3.05, 3.63) is 143 Å².